The highest BCUT2D eigenvalue weighted by Crippen LogP contribution is 2.40. The molecule has 0 bridgehead atoms. The molecule has 0 saturated carbocycles. The Morgan fingerprint density at radius 3 is 1.68 bits per heavy atom. The Morgan fingerprint density at radius 2 is 1.02 bits per heavy atom. The summed E-state index contributed by atoms with van der Waals surface area (Å²) in [7, 11) is 0. The molecule has 0 heterocycles. The summed E-state index contributed by atoms with van der Waals surface area (Å²) in [5, 5.41) is 2.43. The van der Waals surface area contributed by atoms with Gasteiger partial charge in [0.15, 0.2) is 0 Å². The van der Waals surface area contributed by atoms with Crippen molar-refractivity contribution in [2.45, 2.75) is 6.92 Å². The molecule has 7 rings (SSSR count). The summed E-state index contributed by atoms with van der Waals surface area (Å²) in [5.74, 6) is 2.79. The number of terminal acetylenes is 1. The zero-order valence-corrected chi connectivity index (χ0v) is 26.3. The van der Waals surface area contributed by atoms with Gasteiger partial charge in [0.25, 0.3) is 0 Å². The molecule has 7 aromatic carbocycles. The van der Waals surface area contributed by atoms with Crippen molar-refractivity contribution in [3.05, 3.63) is 193 Å². The number of aryl methyl sites for hydroxylation is 1. The lowest BCUT2D eigenvalue weighted by molar-refractivity contribution is 1.27. The van der Waals surface area contributed by atoms with E-state index in [1.807, 2.05) is 12.1 Å². The van der Waals surface area contributed by atoms with Gasteiger partial charge in [-0.15, -0.1) is 6.42 Å². The molecular weight excluding hydrogens is 569 g/mol. The van der Waals surface area contributed by atoms with Crippen molar-refractivity contribution in [1.82, 2.24) is 0 Å². The lowest BCUT2D eigenvalue weighted by Gasteiger charge is -2.29. The second kappa shape index (κ2) is 13.4. The minimum Gasteiger partial charge on any atom is -0.310 e. The molecule has 7 aromatic rings. The summed E-state index contributed by atoms with van der Waals surface area (Å²) in [6.45, 7) is 2.12. The zero-order chi connectivity index (χ0) is 32.0. The maximum Gasteiger partial charge on any atom is 0.0619 e. The van der Waals surface area contributed by atoms with Gasteiger partial charge in [0.05, 0.1) is 11.4 Å². The first-order valence-corrected chi connectivity index (χ1v) is 15.8. The van der Waals surface area contributed by atoms with Crippen LogP contribution in [0.4, 0.5) is 28.4 Å². The van der Waals surface area contributed by atoms with Gasteiger partial charge in [-0.05, 0) is 83.6 Å². The fourth-order valence-electron chi connectivity index (χ4n) is 6.22. The number of fused-ring (bicyclic) bond motifs is 1. The number of anilines is 5. The van der Waals surface area contributed by atoms with E-state index in [4.69, 9.17) is 6.42 Å². The normalized spacial score (nSPS) is 11.2. The fourth-order valence-corrected chi connectivity index (χ4v) is 6.22. The van der Waals surface area contributed by atoms with Gasteiger partial charge in [0.1, 0.15) is 0 Å². The van der Waals surface area contributed by atoms with Crippen LogP contribution in [0.2, 0.25) is 0 Å². The first kappa shape index (κ1) is 29.4. The number of rotatable bonds is 8. The molecule has 0 aromatic heterocycles. The van der Waals surface area contributed by atoms with Crippen molar-refractivity contribution >= 4 is 44.9 Å². The van der Waals surface area contributed by atoms with Crippen LogP contribution in [-0.2, 0) is 0 Å². The minimum absolute atomic E-state index is 0.961. The molecule has 2 heteroatoms. The van der Waals surface area contributed by atoms with Crippen molar-refractivity contribution in [3.8, 4) is 23.5 Å². The van der Waals surface area contributed by atoms with Crippen LogP contribution in [0.25, 0.3) is 27.6 Å². The Labute approximate surface area is 277 Å². The summed E-state index contributed by atoms with van der Waals surface area (Å²) in [5.41, 5.74) is 11.0. The number of allylic oxidation sites excluding steroid dienone is 1. The molecular formula is C45H34N2. The van der Waals surface area contributed by atoms with E-state index in [-0.39, 0.29) is 0 Å². The molecule has 0 fully saturated rings. The smallest absolute Gasteiger partial charge is 0.0619 e. The minimum atomic E-state index is 0.961. The second-order valence-electron chi connectivity index (χ2n) is 11.4. The first-order chi connectivity index (χ1) is 23.2. The van der Waals surface area contributed by atoms with Crippen molar-refractivity contribution in [2.24, 2.45) is 0 Å². The highest BCUT2D eigenvalue weighted by Gasteiger charge is 2.19. The van der Waals surface area contributed by atoms with Crippen molar-refractivity contribution in [1.29, 1.82) is 0 Å². The Kier molecular flexibility index (Phi) is 8.36. The predicted molar refractivity (Wildman–Crippen MR) is 201 cm³/mol. The third-order valence-electron chi connectivity index (χ3n) is 8.50. The Bertz CT molecular complexity index is 2190. The van der Waals surface area contributed by atoms with Gasteiger partial charge >= 0.3 is 0 Å². The van der Waals surface area contributed by atoms with Crippen LogP contribution in [0.3, 0.4) is 0 Å². The molecule has 0 N–H and O–H groups in total. The topological polar surface area (TPSA) is 6.48 Å². The van der Waals surface area contributed by atoms with Gasteiger partial charge in [0.2, 0.25) is 0 Å². The van der Waals surface area contributed by atoms with E-state index in [0.717, 1.165) is 50.8 Å². The van der Waals surface area contributed by atoms with E-state index in [1.165, 1.54) is 16.3 Å². The highest BCUT2D eigenvalue weighted by molar-refractivity contribution is 5.99. The largest absolute Gasteiger partial charge is 0.310 e. The second-order valence-corrected chi connectivity index (χ2v) is 11.4. The van der Waals surface area contributed by atoms with Gasteiger partial charge in [0, 0.05) is 39.8 Å². The number of hydrogen-bond donors (Lipinski definition) is 0. The van der Waals surface area contributed by atoms with Crippen molar-refractivity contribution in [3.63, 3.8) is 0 Å². The van der Waals surface area contributed by atoms with Crippen molar-refractivity contribution in [2.75, 3.05) is 9.80 Å². The summed E-state index contributed by atoms with van der Waals surface area (Å²) >= 11 is 0. The summed E-state index contributed by atoms with van der Waals surface area (Å²) in [6, 6.07) is 61.9. The van der Waals surface area contributed by atoms with Crippen LogP contribution in [-0.4, -0.2) is 0 Å². The van der Waals surface area contributed by atoms with E-state index in [1.54, 1.807) is 0 Å². The Balaban J connectivity index is 1.25. The SMILES string of the molecule is C#C/C=C(\c1ccccc1C)N(c1ccccc1)c1ccc(-c2ccc(N(c3ccccc3)c3cccc4ccccc34)cc2)cc1. The summed E-state index contributed by atoms with van der Waals surface area (Å²) < 4.78 is 0. The summed E-state index contributed by atoms with van der Waals surface area (Å²) in [6.07, 6.45) is 7.75. The van der Waals surface area contributed by atoms with E-state index >= 15 is 0 Å². The number of para-hydroxylation sites is 2. The molecule has 0 unspecified atom stereocenters. The number of nitrogens with zero attached hydrogens (tertiary/aromatic N) is 2. The molecule has 0 saturated heterocycles. The lowest BCUT2D eigenvalue weighted by atomic mass is 10.0. The maximum atomic E-state index is 5.89. The lowest BCUT2D eigenvalue weighted by Crippen LogP contribution is -2.16. The highest BCUT2D eigenvalue weighted by atomic mass is 15.2. The number of benzene rings is 7. The van der Waals surface area contributed by atoms with E-state index < -0.39 is 0 Å². The predicted octanol–water partition coefficient (Wildman–Crippen LogP) is 12.1. The average Bonchev–Trinajstić information content (AvgIpc) is 3.13. The molecule has 0 aliphatic rings. The van der Waals surface area contributed by atoms with Crippen molar-refractivity contribution < 1.29 is 0 Å². The molecule has 0 atom stereocenters. The third-order valence-corrected chi connectivity index (χ3v) is 8.50. The Hall–Kier alpha value is -6.30. The van der Waals surface area contributed by atoms with Gasteiger partial charge in [-0.3, -0.25) is 0 Å². The van der Waals surface area contributed by atoms with Crippen LogP contribution in [0, 0.1) is 19.3 Å². The fraction of sp³-hybridized carbons (Fsp3) is 0.0222. The van der Waals surface area contributed by atoms with Gasteiger partial charge < -0.3 is 9.80 Å². The van der Waals surface area contributed by atoms with Crippen LogP contribution in [0.1, 0.15) is 11.1 Å². The Morgan fingerprint density at radius 1 is 0.511 bits per heavy atom. The van der Waals surface area contributed by atoms with Crippen LogP contribution in [0.5, 0.6) is 0 Å². The van der Waals surface area contributed by atoms with E-state index in [9.17, 15) is 0 Å². The molecule has 2 nitrogen and oxygen atoms in total. The molecule has 224 valence electrons. The maximum absolute atomic E-state index is 5.89. The molecule has 0 aliphatic carbocycles. The third kappa shape index (κ3) is 6.03. The van der Waals surface area contributed by atoms with E-state index in [2.05, 4.69) is 193 Å². The standard InChI is InChI=1S/C45H34N2/c1-3-15-44(42-23-12-10-16-34(42)2)46(38-19-6-4-7-20-38)40-30-26-35(27-31-40)36-28-32-41(33-29-36)47(39-21-8-5-9-22-39)45-25-14-18-37-17-11-13-24-43(37)45/h1,4-33H,2H3/b44-15+. The summed E-state index contributed by atoms with van der Waals surface area (Å²) in [4.78, 5) is 4.56. The van der Waals surface area contributed by atoms with Gasteiger partial charge in [-0.1, -0.05) is 127 Å². The van der Waals surface area contributed by atoms with Gasteiger partial charge in [-0.25, -0.2) is 0 Å². The first-order valence-electron chi connectivity index (χ1n) is 15.8. The van der Waals surface area contributed by atoms with Crippen LogP contribution >= 0.6 is 0 Å². The molecule has 47 heavy (non-hydrogen) atoms. The van der Waals surface area contributed by atoms with E-state index in [0.29, 0.717) is 0 Å². The van der Waals surface area contributed by atoms with Crippen LogP contribution in [0.15, 0.2) is 182 Å². The quantitative estimate of drug-likeness (QED) is 0.160. The molecule has 0 radical (unpaired) electrons. The average molecular weight is 603 g/mol. The van der Waals surface area contributed by atoms with Crippen LogP contribution < -0.4 is 9.80 Å². The molecule has 0 aliphatic heterocycles. The molecule has 0 spiro atoms. The molecule has 0 amide bonds. The monoisotopic (exact) mass is 602 g/mol. The number of hydrogen-bond acceptors (Lipinski definition) is 2. The van der Waals surface area contributed by atoms with Gasteiger partial charge in [-0.2, -0.15) is 0 Å². The zero-order valence-electron chi connectivity index (χ0n) is 26.3.